The molecule has 6 heteroatoms. The van der Waals surface area contributed by atoms with Crippen LogP contribution in [-0.2, 0) is 17.8 Å². The molecular formula is C27H25BrN2O3. The molecule has 0 saturated heterocycles. The van der Waals surface area contributed by atoms with E-state index in [-0.39, 0.29) is 5.57 Å². The third-order valence-corrected chi connectivity index (χ3v) is 5.63. The zero-order valence-electron chi connectivity index (χ0n) is 18.8. The molecule has 0 atom stereocenters. The van der Waals surface area contributed by atoms with Gasteiger partial charge >= 0.3 is 0 Å². The number of amides is 1. The van der Waals surface area contributed by atoms with Crippen molar-refractivity contribution in [2.24, 2.45) is 0 Å². The van der Waals surface area contributed by atoms with Gasteiger partial charge in [0.2, 0.25) is 0 Å². The van der Waals surface area contributed by atoms with Crippen molar-refractivity contribution in [1.82, 2.24) is 0 Å². The molecule has 3 aromatic carbocycles. The number of nitrogens with zero attached hydrogens (tertiary/aromatic N) is 1. The van der Waals surface area contributed by atoms with Crippen LogP contribution in [0.5, 0.6) is 11.5 Å². The fourth-order valence-electron chi connectivity index (χ4n) is 3.38. The van der Waals surface area contributed by atoms with Gasteiger partial charge in [0, 0.05) is 5.69 Å². The van der Waals surface area contributed by atoms with Crippen molar-refractivity contribution in [3.05, 3.63) is 93.0 Å². The Hall–Kier alpha value is -3.56. The Morgan fingerprint density at radius 2 is 1.94 bits per heavy atom. The van der Waals surface area contributed by atoms with Crippen molar-refractivity contribution in [1.29, 1.82) is 5.26 Å². The van der Waals surface area contributed by atoms with Gasteiger partial charge in [-0.1, -0.05) is 55.0 Å². The molecule has 1 amide bonds. The molecule has 3 aromatic rings. The first-order valence-electron chi connectivity index (χ1n) is 10.5. The summed E-state index contributed by atoms with van der Waals surface area (Å²) in [6.07, 6.45) is 2.30. The summed E-state index contributed by atoms with van der Waals surface area (Å²) in [7, 11) is 1.55. The van der Waals surface area contributed by atoms with Gasteiger partial charge in [-0.3, -0.25) is 4.79 Å². The van der Waals surface area contributed by atoms with Crippen molar-refractivity contribution < 1.29 is 14.3 Å². The number of hydrogen-bond acceptors (Lipinski definition) is 4. The Kier molecular flexibility index (Phi) is 8.28. The van der Waals surface area contributed by atoms with Crippen LogP contribution in [0.4, 0.5) is 5.69 Å². The van der Waals surface area contributed by atoms with E-state index in [4.69, 9.17) is 9.47 Å². The number of para-hydroxylation sites is 1. The molecule has 0 aliphatic heterocycles. The maximum Gasteiger partial charge on any atom is 0.266 e. The third kappa shape index (κ3) is 6.24. The number of rotatable bonds is 8. The minimum absolute atomic E-state index is 0.0108. The molecule has 0 heterocycles. The number of nitriles is 1. The van der Waals surface area contributed by atoms with E-state index in [2.05, 4.69) is 27.3 Å². The van der Waals surface area contributed by atoms with E-state index < -0.39 is 5.91 Å². The number of methoxy groups -OCH3 is 1. The lowest BCUT2D eigenvalue weighted by atomic mass is 10.1. The predicted octanol–water partition coefficient (Wildman–Crippen LogP) is 6.45. The number of benzene rings is 3. The van der Waals surface area contributed by atoms with E-state index in [0.29, 0.717) is 33.8 Å². The van der Waals surface area contributed by atoms with Gasteiger partial charge in [0.15, 0.2) is 11.5 Å². The molecule has 0 saturated carbocycles. The van der Waals surface area contributed by atoms with Gasteiger partial charge < -0.3 is 14.8 Å². The van der Waals surface area contributed by atoms with Crippen LogP contribution < -0.4 is 14.8 Å². The zero-order chi connectivity index (χ0) is 23.8. The highest BCUT2D eigenvalue weighted by Crippen LogP contribution is 2.38. The second kappa shape index (κ2) is 11.3. The molecule has 0 aromatic heterocycles. The molecule has 0 unspecified atom stereocenters. The molecule has 0 fully saturated rings. The summed E-state index contributed by atoms with van der Waals surface area (Å²) < 4.78 is 12.2. The molecule has 0 aliphatic rings. The molecule has 0 spiro atoms. The molecule has 168 valence electrons. The second-order valence-corrected chi connectivity index (χ2v) is 8.30. The topological polar surface area (TPSA) is 71.4 Å². The third-order valence-electron chi connectivity index (χ3n) is 5.04. The Bertz CT molecular complexity index is 1230. The van der Waals surface area contributed by atoms with E-state index in [1.54, 1.807) is 19.2 Å². The summed E-state index contributed by atoms with van der Waals surface area (Å²) in [4.78, 5) is 12.7. The van der Waals surface area contributed by atoms with Crippen LogP contribution in [0.3, 0.4) is 0 Å². The highest BCUT2D eigenvalue weighted by Gasteiger charge is 2.15. The SMILES string of the molecule is CCc1ccccc1NC(=O)/C(C#N)=C/c1cc(Br)c(OCc2cccc(C)c2)c(OC)c1. The molecule has 5 nitrogen and oxygen atoms in total. The lowest BCUT2D eigenvalue weighted by Gasteiger charge is -2.14. The Balaban J connectivity index is 1.83. The standard InChI is InChI=1S/C27H25BrN2O3/c1-4-21-10-5-6-11-24(21)30-27(31)22(16-29)13-20-14-23(28)26(25(15-20)32-3)33-17-19-9-7-8-18(2)12-19/h5-15H,4,17H2,1-3H3,(H,30,31)/b22-13+. The van der Waals surface area contributed by atoms with Crippen molar-refractivity contribution in [2.75, 3.05) is 12.4 Å². The maximum atomic E-state index is 12.7. The summed E-state index contributed by atoms with van der Waals surface area (Å²) in [6, 6.07) is 21.1. The zero-order valence-corrected chi connectivity index (χ0v) is 20.4. The first-order chi connectivity index (χ1) is 15.9. The lowest BCUT2D eigenvalue weighted by Crippen LogP contribution is -2.14. The molecule has 33 heavy (non-hydrogen) atoms. The number of halogens is 1. The quantitative estimate of drug-likeness (QED) is 0.282. The fourth-order valence-corrected chi connectivity index (χ4v) is 3.95. The Morgan fingerprint density at radius 3 is 2.64 bits per heavy atom. The van der Waals surface area contributed by atoms with Crippen molar-refractivity contribution in [2.45, 2.75) is 26.9 Å². The molecular weight excluding hydrogens is 480 g/mol. The first-order valence-corrected chi connectivity index (χ1v) is 11.3. The van der Waals surface area contributed by atoms with Crippen LogP contribution in [0.25, 0.3) is 6.08 Å². The monoisotopic (exact) mass is 504 g/mol. The molecule has 3 rings (SSSR count). The lowest BCUT2D eigenvalue weighted by molar-refractivity contribution is -0.112. The predicted molar refractivity (Wildman–Crippen MR) is 134 cm³/mol. The number of hydrogen-bond donors (Lipinski definition) is 1. The van der Waals surface area contributed by atoms with Gasteiger partial charge in [0.1, 0.15) is 18.2 Å². The van der Waals surface area contributed by atoms with E-state index in [9.17, 15) is 10.1 Å². The van der Waals surface area contributed by atoms with Crippen molar-refractivity contribution >= 4 is 33.6 Å². The fraction of sp³-hybridized carbons (Fsp3) is 0.185. The van der Waals surface area contributed by atoms with Gasteiger partial charge in [-0.05, 0) is 70.2 Å². The maximum absolute atomic E-state index is 12.7. The van der Waals surface area contributed by atoms with Crippen LogP contribution in [0.1, 0.15) is 29.2 Å². The minimum atomic E-state index is -0.465. The van der Waals surface area contributed by atoms with Crippen molar-refractivity contribution in [3.8, 4) is 17.6 Å². The van der Waals surface area contributed by atoms with Crippen LogP contribution in [0.2, 0.25) is 0 Å². The van der Waals surface area contributed by atoms with Crippen molar-refractivity contribution in [3.63, 3.8) is 0 Å². The van der Waals surface area contributed by atoms with Gasteiger partial charge in [0.05, 0.1) is 11.6 Å². The summed E-state index contributed by atoms with van der Waals surface area (Å²) in [5, 5.41) is 12.4. The number of carbonyl (C=O) groups excluding carboxylic acids is 1. The number of ether oxygens (including phenoxy) is 2. The average Bonchev–Trinajstić information content (AvgIpc) is 2.81. The van der Waals surface area contributed by atoms with Gasteiger partial charge in [-0.2, -0.15) is 5.26 Å². The minimum Gasteiger partial charge on any atom is -0.493 e. The van der Waals surface area contributed by atoms with E-state index in [0.717, 1.165) is 23.1 Å². The Morgan fingerprint density at radius 1 is 1.15 bits per heavy atom. The van der Waals surface area contributed by atoms with Gasteiger partial charge in [-0.25, -0.2) is 0 Å². The summed E-state index contributed by atoms with van der Waals surface area (Å²) in [5.41, 5.74) is 4.53. The van der Waals surface area contributed by atoms with E-state index in [1.165, 1.54) is 6.08 Å². The summed E-state index contributed by atoms with van der Waals surface area (Å²) >= 11 is 3.53. The normalized spacial score (nSPS) is 10.9. The first kappa shape index (κ1) is 24.1. The second-order valence-electron chi connectivity index (χ2n) is 7.45. The molecule has 0 bridgehead atoms. The average molecular weight is 505 g/mol. The Labute approximate surface area is 202 Å². The molecule has 1 N–H and O–H groups in total. The molecule has 0 radical (unpaired) electrons. The highest BCUT2D eigenvalue weighted by molar-refractivity contribution is 9.10. The molecule has 0 aliphatic carbocycles. The summed E-state index contributed by atoms with van der Waals surface area (Å²) in [6.45, 7) is 4.43. The van der Waals surface area contributed by atoms with Gasteiger partial charge in [-0.15, -0.1) is 0 Å². The van der Waals surface area contributed by atoms with E-state index in [1.807, 2.05) is 62.4 Å². The van der Waals surface area contributed by atoms with Gasteiger partial charge in [0.25, 0.3) is 5.91 Å². The number of carbonyl (C=O) groups is 1. The number of anilines is 1. The number of aryl methyl sites for hydroxylation is 2. The smallest absolute Gasteiger partial charge is 0.266 e. The summed E-state index contributed by atoms with van der Waals surface area (Å²) in [5.74, 6) is 0.585. The van der Waals surface area contributed by atoms with Crippen LogP contribution in [-0.4, -0.2) is 13.0 Å². The largest absolute Gasteiger partial charge is 0.493 e. The number of nitrogens with one attached hydrogen (secondary N) is 1. The van der Waals surface area contributed by atoms with Crippen LogP contribution in [0.15, 0.2) is 70.7 Å². The van der Waals surface area contributed by atoms with E-state index >= 15 is 0 Å². The van der Waals surface area contributed by atoms with Crippen LogP contribution >= 0.6 is 15.9 Å². The van der Waals surface area contributed by atoms with Crippen LogP contribution in [0, 0.1) is 18.3 Å². The highest BCUT2D eigenvalue weighted by atomic mass is 79.9.